The van der Waals surface area contributed by atoms with Gasteiger partial charge in [-0.3, -0.25) is 14.5 Å². The first-order chi connectivity index (χ1) is 13.0. The van der Waals surface area contributed by atoms with Crippen LogP contribution in [-0.2, 0) is 16.1 Å². The van der Waals surface area contributed by atoms with Gasteiger partial charge in [-0.2, -0.15) is 0 Å². The predicted molar refractivity (Wildman–Crippen MR) is 107 cm³/mol. The average Bonchev–Trinajstić information content (AvgIpc) is 3.32. The molecule has 3 aromatic rings. The van der Waals surface area contributed by atoms with Crippen molar-refractivity contribution in [3.8, 4) is 0 Å². The Morgan fingerprint density at radius 1 is 1.22 bits per heavy atom. The summed E-state index contributed by atoms with van der Waals surface area (Å²) in [6, 6.07) is 9.89. The fourth-order valence-corrected chi connectivity index (χ4v) is 3.80. The molecule has 0 spiro atoms. The molecule has 1 N–H and O–H groups in total. The molecule has 0 unspecified atom stereocenters. The van der Waals surface area contributed by atoms with Crippen LogP contribution in [0.5, 0.6) is 0 Å². The number of nitrogens with zero attached hydrogens (tertiary/aromatic N) is 2. The van der Waals surface area contributed by atoms with Gasteiger partial charge in [0.1, 0.15) is 5.82 Å². The highest BCUT2D eigenvalue weighted by Gasteiger charge is 2.20. The molecular weight excluding hydrogens is 385 g/mol. The van der Waals surface area contributed by atoms with Crippen molar-refractivity contribution in [2.45, 2.75) is 13.5 Å². The lowest BCUT2D eigenvalue weighted by atomic mass is 10.3. The maximum absolute atomic E-state index is 14.1. The molecule has 0 aliphatic carbocycles. The van der Waals surface area contributed by atoms with Gasteiger partial charge in [0.2, 0.25) is 11.8 Å². The second-order valence-electron chi connectivity index (χ2n) is 5.49. The topological polar surface area (TPSA) is 62.3 Å². The van der Waals surface area contributed by atoms with E-state index < -0.39 is 5.82 Å². The van der Waals surface area contributed by atoms with E-state index in [9.17, 15) is 14.0 Å². The third kappa shape index (κ3) is 4.87. The minimum Gasteiger partial charge on any atom is -0.348 e. The number of thiophene rings is 1. The number of hydrogen-bond donors (Lipinski definition) is 1. The quantitative estimate of drug-likeness (QED) is 0.625. The number of aromatic nitrogens is 1. The van der Waals surface area contributed by atoms with Gasteiger partial charge in [0.15, 0.2) is 5.13 Å². The van der Waals surface area contributed by atoms with Gasteiger partial charge in [-0.25, -0.2) is 9.37 Å². The number of carbonyl (C=O) groups is 2. The summed E-state index contributed by atoms with van der Waals surface area (Å²) in [5, 5.41) is 6.77. The van der Waals surface area contributed by atoms with E-state index in [1.54, 1.807) is 34.9 Å². The Hall–Kier alpha value is -2.84. The molecule has 2 heterocycles. The zero-order valence-electron chi connectivity index (χ0n) is 14.4. The number of hydrogen-bond acceptors (Lipinski definition) is 5. The van der Waals surface area contributed by atoms with Crippen LogP contribution in [-0.4, -0.2) is 16.8 Å². The molecule has 1 aromatic carbocycles. The van der Waals surface area contributed by atoms with Crippen molar-refractivity contribution >= 4 is 51.4 Å². The lowest BCUT2D eigenvalue weighted by Crippen LogP contribution is -2.23. The van der Waals surface area contributed by atoms with Crippen molar-refractivity contribution in [2.75, 3.05) is 4.90 Å². The molecular formula is C19H16FN3O2S2. The van der Waals surface area contributed by atoms with E-state index in [4.69, 9.17) is 0 Å². The summed E-state index contributed by atoms with van der Waals surface area (Å²) in [5.41, 5.74) is 0.660. The second-order valence-corrected chi connectivity index (χ2v) is 7.36. The van der Waals surface area contributed by atoms with Crippen LogP contribution in [0.15, 0.2) is 53.2 Å². The average molecular weight is 401 g/mol. The molecule has 0 aliphatic heterocycles. The summed E-state index contributed by atoms with van der Waals surface area (Å²) < 4.78 is 14.1. The molecule has 27 heavy (non-hydrogen) atoms. The summed E-state index contributed by atoms with van der Waals surface area (Å²) >= 11 is 2.77. The molecule has 3 rings (SSSR count). The fourth-order valence-electron chi connectivity index (χ4n) is 2.30. The Morgan fingerprint density at radius 3 is 2.74 bits per heavy atom. The van der Waals surface area contributed by atoms with Crippen molar-refractivity contribution in [1.82, 2.24) is 10.3 Å². The SMILES string of the molecule is CC(=O)N(c1nc(/C=C/C(=O)NCc2cccs2)cs1)c1ccccc1F. The van der Waals surface area contributed by atoms with E-state index in [1.807, 2.05) is 17.5 Å². The van der Waals surface area contributed by atoms with Crippen molar-refractivity contribution < 1.29 is 14.0 Å². The van der Waals surface area contributed by atoms with E-state index in [2.05, 4.69) is 10.3 Å². The van der Waals surface area contributed by atoms with Gasteiger partial charge in [-0.05, 0) is 29.7 Å². The lowest BCUT2D eigenvalue weighted by molar-refractivity contribution is -0.117. The molecule has 0 atom stereocenters. The van der Waals surface area contributed by atoms with Crippen LogP contribution in [0.1, 0.15) is 17.5 Å². The predicted octanol–water partition coefficient (Wildman–Crippen LogP) is 4.36. The number of benzene rings is 1. The third-order valence-electron chi connectivity index (χ3n) is 3.53. The Balaban J connectivity index is 1.70. The highest BCUT2D eigenvalue weighted by Crippen LogP contribution is 2.30. The molecule has 0 fully saturated rings. The van der Waals surface area contributed by atoms with Crippen LogP contribution < -0.4 is 10.2 Å². The highest BCUT2D eigenvalue weighted by atomic mass is 32.1. The summed E-state index contributed by atoms with van der Waals surface area (Å²) in [4.78, 5) is 30.5. The molecule has 0 aliphatic rings. The van der Waals surface area contributed by atoms with Crippen molar-refractivity contribution in [3.05, 3.63) is 69.6 Å². The number of nitrogens with one attached hydrogen (secondary N) is 1. The van der Waals surface area contributed by atoms with Crippen LogP contribution in [0.3, 0.4) is 0 Å². The minimum atomic E-state index is -0.507. The summed E-state index contributed by atoms with van der Waals surface area (Å²) in [6.45, 7) is 1.82. The molecule has 0 saturated carbocycles. The Morgan fingerprint density at radius 2 is 2.04 bits per heavy atom. The number of thiazole rings is 1. The van der Waals surface area contributed by atoms with Crippen LogP contribution in [0.25, 0.3) is 6.08 Å². The smallest absolute Gasteiger partial charge is 0.244 e. The van der Waals surface area contributed by atoms with E-state index in [1.165, 1.54) is 41.4 Å². The number of anilines is 2. The van der Waals surface area contributed by atoms with Gasteiger partial charge in [-0.15, -0.1) is 22.7 Å². The zero-order valence-corrected chi connectivity index (χ0v) is 16.0. The molecule has 2 amide bonds. The van der Waals surface area contributed by atoms with Gasteiger partial charge in [0.25, 0.3) is 0 Å². The first-order valence-electron chi connectivity index (χ1n) is 8.03. The Kier molecular flexibility index (Phi) is 6.10. The van der Waals surface area contributed by atoms with Crippen molar-refractivity contribution in [2.24, 2.45) is 0 Å². The van der Waals surface area contributed by atoms with Crippen LogP contribution in [0, 0.1) is 5.82 Å². The lowest BCUT2D eigenvalue weighted by Gasteiger charge is -2.18. The van der Waals surface area contributed by atoms with E-state index in [0.717, 1.165) is 4.88 Å². The number of carbonyl (C=O) groups excluding carboxylic acids is 2. The highest BCUT2D eigenvalue weighted by molar-refractivity contribution is 7.14. The van der Waals surface area contributed by atoms with Crippen molar-refractivity contribution in [3.63, 3.8) is 0 Å². The molecule has 2 aromatic heterocycles. The summed E-state index contributed by atoms with van der Waals surface area (Å²) in [5.74, 6) is -1.10. The number of para-hydroxylation sites is 1. The Labute approximate surface area is 163 Å². The van der Waals surface area contributed by atoms with E-state index in [0.29, 0.717) is 17.4 Å². The van der Waals surface area contributed by atoms with E-state index >= 15 is 0 Å². The molecule has 0 saturated heterocycles. The number of rotatable bonds is 6. The largest absolute Gasteiger partial charge is 0.348 e. The zero-order chi connectivity index (χ0) is 19.2. The monoisotopic (exact) mass is 401 g/mol. The van der Waals surface area contributed by atoms with E-state index in [-0.39, 0.29) is 17.5 Å². The van der Waals surface area contributed by atoms with Crippen LogP contribution in [0.4, 0.5) is 15.2 Å². The molecule has 0 bridgehead atoms. The first kappa shape index (κ1) is 18.9. The van der Waals surface area contributed by atoms with Gasteiger partial charge >= 0.3 is 0 Å². The summed E-state index contributed by atoms with van der Waals surface area (Å²) in [7, 11) is 0. The summed E-state index contributed by atoms with van der Waals surface area (Å²) in [6.07, 6.45) is 2.94. The molecule has 138 valence electrons. The number of halogens is 1. The van der Waals surface area contributed by atoms with Gasteiger partial charge < -0.3 is 5.32 Å². The maximum atomic E-state index is 14.1. The second kappa shape index (κ2) is 8.70. The molecule has 5 nitrogen and oxygen atoms in total. The normalized spacial score (nSPS) is 10.9. The van der Waals surface area contributed by atoms with Gasteiger partial charge in [-0.1, -0.05) is 18.2 Å². The first-order valence-corrected chi connectivity index (χ1v) is 9.79. The maximum Gasteiger partial charge on any atom is 0.244 e. The van der Waals surface area contributed by atoms with Crippen LogP contribution >= 0.6 is 22.7 Å². The third-order valence-corrected chi connectivity index (χ3v) is 5.25. The number of amides is 2. The molecule has 0 radical (unpaired) electrons. The van der Waals surface area contributed by atoms with Crippen molar-refractivity contribution in [1.29, 1.82) is 0 Å². The minimum absolute atomic E-state index is 0.142. The standard InChI is InChI=1S/C19H16FN3O2S2/c1-13(24)23(17-7-3-2-6-16(17)20)19-22-14(12-27-19)8-9-18(25)21-11-15-5-4-10-26-15/h2-10,12H,11H2,1H3,(H,21,25)/b9-8+. The van der Waals surface area contributed by atoms with Gasteiger partial charge in [0, 0.05) is 23.3 Å². The molecule has 8 heteroatoms. The van der Waals surface area contributed by atoms with Crippen LogP contribution in [0.2, 0.25) is 0 Å². The Bertz CT molecular complexity index is 967. The van der Waals surface area contributed by atoms with Gasteiger partial charge in [0.05, 0.1) is 17.9 Å². The fraction of sp³-hybridized carbons (Fsp3) is 0.105.